The number of carbonyl (C=O) groups excluding carboxylic acids is 2. The van der Waals surface area contributed by atoms with E-state index in [1.54, 1.807) is 0 Å². The number of anilines is 1. The van der Waals surface area contributed by atoms with Gasteiger partial charge in [0.05, 0.1) is 17.5 Å². The van der Waals surface area contributed by atoms with Gasteiger partial charge >= 0.3 is 0 Å². The number of hydrogen-bond donors (Lipinski definition) is 0. The van der Waals surface area contributed by atoms with E-state index in [1.165, 1.54) is 16.0 Å². The Balaban J connectivity index is 2.02. The van der Waals surface area contributed by atoms with Crippen LogP contribution in [0.1, 0.15) is 37.8 Å². The molecule has 0 N–H and O–H groups in total. The first-order valence-corrected chi connectivity index (χ1v) is 7.51. The zero-order valence-electron chi connectivity index (χ0n) is 13.1. The number of allylic oxidation sites excluding steroid dienone is 2. The minimum absolute atomic E-state index is 0.0226. The molecule has 1 aromatic carbocycles. The highest BCUT2D eigenvalue weighted by Gasteiger charge is 2.49. The fraction of sp³-hybridized carbons (Fsp3) is 0.444. The van der Waals surface area contributed by atoms with Gasteiger partial charge in [-0.2, -0.15) is 0 Å². The summed E-state index contributed by atoms with van der Waals surface area (Å²) in [5.41, 5.74) is 5.41. The van der Waals surface area contributed by atoms with Crippen molar-refractivity contribution in [1.82, 2.24) is 0 Å². The summed E-state index contributed by atoms with van der Waals surface area (Å²) in [4.78, 5) is 26.9. The van der Waals surface area contributed by atoms with E-state index in [9.17, 15) is 9.59 Å². The summed E-state index contributed by atoms with van der Waals surface area (Å²) in [7, 11) is 0. The van der Waals surface area contributed by atoms with Crippen LogP contribution in [-0.2, 0) is 9.59 Å². The number of hydrogen-bond acceptors (Lipinski definition) is 2. The number of fused-ring (bicyclic) bond motifs is 1. The minimum Gasteiger partial charge on any atom is -0.274 e. The van der Waals surface area contributed by atoms with Crippen LogP contribution in [0.4, 0.5) is 5.69 Å². The van der Waals surface area contributed by atoms with Gasteiger partial charge in [0.25, 0.3) is 0 Å². The van der Waals surface area contributed by atoms with Crippen LogP contribution < -0.4 is 4.90 Å². The van der Waals surface area contributed by atoms with Crippen molar-refractivity contribution in [2.75, 3.05) is 4.90 Å². The minimum atomic E-state index is -0.166. The topological polar surface area (TPSA) is 37.4 Å². The highest BCUT2D eigenvalue weighted by Crippen LogP contribution is 2.42. The third kappa shape index (κ3) is 2.03. The molecular formula is C18H21NO2. The van der Waals surface area contributed by atoms with Crippen molar-refractivity contribution < 1.29 is 9.59 Å². The van der Waals surface area contributed by atoms with Crippen molar-refractivity contribution >= 4 is 17.5 Å². The lowest BCUT2D eigenvalue weighted by atomic mass is 9.78. The van der Waals surface area contributed by atoms with Gasteiger partial charge in [0.15, 0.2) is 0 Å². The first-order valence-electron chi connectivity index (χ1n) is 7.51. The monoisotopic (exact) mass is 283 g/mol. The average molecular weight is 283 g/mol. The molecule has 21 heavy (non-hydrogen) atoms. The molecule has 0 saturated carbocycles. The molecule has 0 radical (unpaired) electrons. The number of benzene rings is 1. The van der Waals surface area contributed by atoms with Gasteiger partial charge in [0.2, 0.25) is 11.8 Å². The van der Waals surface area contributed by atoms with E-state index in [0.717, 1.165) is 29.7 Å². The van der Waals surface area contributed by atoms with Crippen molar-refractivity contribution in [3.05, 3.63) is 40.5 Å². The molecule has 110 valence electrons. The predicted molar refractivity (Wildman–Crippen MR) is 83.0 cm³/mol. The van der Waals surface area contributed by atoms with Crippen LogP contribution in [0.5, 0.6) is 0 Å². The van der Waals surface area contributed by atoms with E-state index in [-0.39, 0.29) is 23.7 Å². The summed E-state index contributed by atoms with van der Waals surface area (Å²) >= 11 is 0. The number of aryl methyl sites for hydroxylation is 1. The standard InChI is InChI=1S/C18H21NO2/c1-10-6-5-7-16(13(10)4)19-17(20)14-8-11(2)12(3)9-15(14)18(19)21/h5-7,14-15H,8-9H2,1-4H3/t14-,15+. The molecule has 1 aliphatic carbocycles. The van der Waals surface area contributed by atoms with Crippen LogP contribution in [0.25, 0.3) is 0 Å². The molecular weight excluding hydrogens is 262 g/mol. The lowest BCUT2D eigenvalue weighted by Gasteiger charge is -2.23. The molecule has 3 rings (SSSR count). The van der Waals surface area contributed by atoms with Gasteiger partial charge in [-0.3, -0.25) is 9.59 Å². The highest BCUT2D eigenvalue weighted by atomic mass is 16.2. The third-order valence-electron chi connectivity index (χ3n) is 5.16. The van der Waals surface area contributed by atoms with Crippen molar-refractivity contribution in [2.24, 2.45) is 11.8 Å². The Morgan fingerprint density at radius 1 is 0.905 bits per heavy atom. The van der Waals surface area contributed by atoms with Gasteiger partial charge < -0.3 is 0 Å². The molecule has 1 aliphatic heterocycles. The van der Waals surface area contributed by atoms with E-state index < -0.39 is 0 Å². The first-order chi connectivity index (χ1) is 9.91. The second kappa shape index (κ2) is 4.83. The SMILES string of the molecule is CC1=C(C)C[C@H]2C(=O)N(c3cccc(C)c3C)C(=O)[C@H]2C1. The molecule has 2 atom stereocenters. The molecule has 3 heteroatoms. The number of imide groups is 1. The molecule has 1 fully saturated rings. The number of rotatable bonds is 1. The van der Waals surface area contributed by atoms with Gasteiger partial charge in [-0.15, -0.1) is 0 Å². The van der Waals surface area contributed by atoms with Crippen molar-refractivity contribution in [3.63, 3.8) is 0 Å². The summed E-state index contributed by atoms with van der Waals surface area (Å²) in [6.07, 6.45) is 1.45. The lowest BCUT2D eigenvalue weighted by Crippen LogP contribution is -2.31. The van der Waals surface area contributed by atoms with Gasteiger partial charge in [0.1, 0.15) is 0 Å². The largest absolute Gasteiger partial charge is 0.274 e. The third-order valence-corrected chi connectivity index (χ3v) is 5.16. The molecule has 0 spiro atoms. The smallest absolute Gasteiger partial charge is 0.238 e. The molecule has 0 unspecified atom stereocenters. The Bertz CT molecular complexity index is 640. The maximum atomic E-state index is 12.7. The molecule has 1 aromatic rings. The second-order valence-corrected chi connectivity index (χ2v) is 6.41. The van der Waals surface area contributed by atoms with E-state index in [0.29, 0.717) is 0 Å². The van der Waals surface area contributed by atoms with Crippen LogP contribution in [0.15, 0.2) is 29.3 Å². The fourth-order valence-corrected chi connectivity index (χ4v) is 3.47. The van der Waals surface area contributed by atoms with Crippen LogP contribution in [0.3, 0.4) is 0 Å². The van der Waals surface area contributed by atoms with E-state index in [4.69, 9.17) is 0 Å². The molecule has 1 heterocycles. The normalized spacial score (nSPS) is 25.6. The van der Waals surface area contributed by atoms with Crippen molar-refractivity contribution in [1.29, 1.82) is 0 Å². The molecule has 3 nitrogen and oxygen atoms in total. The van der Waals surface area contributed by atoms with Gasteiger partial charge in [-0.25, -0.2) is 4.90 Å². The number of amides is 2. The summed E-state index contributed by atoms with van der Waals surface area (Å²) < 4.78 is 0. The zero-order chi connectivity index (χ0) is 15.3. The summed E-state index contributed by atoms with van der Waals surface area (Å²) in [6.45, 7) is 8.13. The van der Waals surface area contributed by atoms with Gasteiger partial charge in [0, 0.05) is 0 Å². The Morgan fingerprint density at radius 3 is 1.95 bits per heavy atom. The van der Waals surface area contributed by atoms with Crippen molar-refractivity contribution in [2.45, 2.75) is 40.5 Å². The van der Waals surface area contributed by atoms with Crippen molar-refractivity contribution in [3.8, 4) is 0 Å². The average Bonchev–Trinajstić information content (AvgIpc) is 2.67. The Morgan fingerprint density at radius 2 is 1.43 bits per heavy atom. The van der Waals surface area contributed by atoms with Crippen LogP contribution in [0.2, 0.25) is 0 Å². The summed E-state index contributed by atoms with van der Waals surface area (Å²) in [5.74, 6) is -0.377. The number of carbonyl (C=O) groups is 2. The predicted octanol–water partition coefficient (Wildman–Crippen LogP) is 3.54. The second-order valence-electron chi connectivity index (χ2n) is 6.41. The molecule has 0 aromatic heterocycles. The summed E-state index contributed by atoms with van der Waals surface area (Å²) in [5, 5.41) is 0. The molecule has 0 bridgehead atoms. The van der Waals surface area contributed by atoms with Crippen LogP contribution >= 0.6 is 0 Å². The van der Waals surface area contributed by atoms with E-state index in [2.05, 4.69) is 13.8 Å². The van der Waals surface area contributed by atoms with E-state index >= 15 is 0 Å². The van der Waals surface area contributed by atoms with Gasteiger partial charge in [-0.05, 0) is 57.7 Å². The summed E-state index contributed by atoms with van der Waals surface area (Å²) in [6, 6.07) is 5.80. The first kappa shape index (κ1) is 14.1. The maximum absolute atomic E-state index is 12.7. The zero-order valence-corrected chi connectivity index (χ0v) is 13.1. The Hall–Kier alpha value is -1.90. The molecule has 1 saturated heterocycles. The van der Waals surface area contributed by atoms with Gasteiger partial charge in [-0.1, -0.05) is 23.3 Å². The highest BCUT2D eigenvalue weighted by molar-refractivity contribution is 6.22. The Kier molecular flexibility index (Phi) is 3.23. The quantitative estimate of drug-likeness (QED) is 0.584. The maximum Gasteiger partial charge on any atom is 0.238 e. The molecule has 2 amide bonds. The fourth-order valence-electron chi connectivity index (χ4n) is 3.47. The number of nitrogens with zero attached hydrogens (tertiary/aromatic N) is 1. The Labute approximate surface area is 125 Å². The van der Waals surface area contributed by atoms with Crippen LogP contribution in [0, 0.1) is 25.7 Å². The van der Waals surface area contributed by atoms with E-state index in [1.807, 2.05) is 32.0 Å². The molecule has 2 aliphatic rings. The lowest BCUT2D eigenvalue weighted by molar-refractivity contribution is -0.122. The van der Waals surface area contributed by atoms with Crippen LogP contribution in [-0.4, -0.2) is 11.8 Å².